The molecule has 0 aromatic heterocycles. The molecule has 0 radical (unpaired) electrons. The molecule has 4 aromatic carbocycles. The van der Waals surface area contributed by atoms with Crippen LogP contribution in [0.15, 0.2) is 109 Å². The molecule has 38 heavy (non-hydrogen) atoms. The minimum absolute atomic E-state index is 0.327. The van der Waals surface area contributed by atoms with Gasteiger partial charge in [0.25, 0.3) is 0 Å². The zero-order valence-electron chi connectivity index (χ0n) is 22.0. The van der Waals surface area contributed by atoms with Crippen molar-refractivity contribution in [2.45, 2.75) is 26.4 Å². The van der Waals surface area contributed by atoms with Gasteiger partial charge in [-0.25, -0.2) is 4.79 Å². The third-order valence-corrected chi connectivity index (χ3v) is 6.09. The molecule has 0 aliphatic heterocycles. The first kappa shape index (κ1) is 26.9. The van der Waals surface area contributed by atoms with Crippen LogP contribution in [-0.4, -0.2) is 31.9 Å². The number of ether oxygens (including phenoxy) is 3. The lowest BCUT2D eigenvalue weighted by atomic mass is 9.96. The zero-order valence-corrected chi connectivity index (χ0v) is 22.0. The third-order valence-electron chi connectivity index (χ3n) is 6.09. The van der Waals surface area contributed by atoms with Gasteiger partial charge in [0.05, 0.1) is 6.61 Å². The van der Waals surface area contributed by atoms with Crippen LogP contribution in [-0.2, 0) is 20.7 Å². The van der Waals surface area contributed by atoms with E-state index in [1.165, 1.54) is 22.3 Å². The molecule has 0 bridgehead atoms. The van der Waals surface area contributed by atoms with Crippen molar-refractivity contribution in [3.8, 4) is 28.0 Å². The third kappa shape index (κ3) is 7.67. The fourth-order valence-electron chi connectivity index (χ4n) is 4.25. The summed E-state index contributed by atoms with van der Waals surface area (Å²) in [4.78, 5) is 12.1. The van der Waals surface area contributed by atoms with Gasteiger partial charge in [0.1, 0.15) is 12.4 Å². The fraction of sp³-hybridized carbons (Fsp3) is 0.206. The summed E-state index contributed by atoms with van der Waals surface area (Å²) < 4.78 is 16.6. The van der Waals surface area contributed by atoms with Crippen LogP contribution >= 0.6 is 0 Å². The van der Waals surface area contributed by atoms with Crippen molar-refractivity contribution in [1.82, 2.24) is 0 Å². The Morgan fingerprint density at radius 3 is 1.89 bits per heavy atom. The van der Waals surface area contributed by atoms with Crippen molar-refractivity contribution in [3.63, 3.8) is 0 Å². The van der Waals surface area contributed by atoms with E-state index in [1.54, 1.807) is 6.92 Å². The van der Waals surface area contributed by atoms with Crippen molar-refractivity contribution in [3.05, 3.63) is 120 Å². The number of rotatable bonds is 12. The Morgan fingerprint density at radius 2 is 1.34 bits per heavy atom. The Hall–Kier alpha value is -4.15. The number of carbonyl (C=O) groups excluding carboxylic acids is 1. The van der Waals surface area contributed by atoms with E-state index in [9.17, 15) is 4.79 Å². The highest BCUT2D eigenvalue weighted by molar-refractivity contribution is 5.77. The molecule has 4 nitrogen and oxygen atoms in total. The van der Waals surface area contributed by atoms with Crippen molar-refractivity contribution >= 4 is 12.0 Å². The number of hydrogen-bond acceptors (Lipinski definition) is 4. The normalized spacial score (nSPS) is 11.8. The van der Waals surface area contributed by atoms with Gasteiger partial charge in [-0.15, -0.1) is 0 Å². The van der Waals surface area contributed by atoms with E-state index in [1.807, 2.05) is 49.4 Å². The molecule has 4 aromatic rings. The number of benzene rings is 4. The lowest BCUT2D eigenvalue weighted by Crippen LogP contribution is -2.28. The topological polar surface area (TPSA) is 44.8 Å². The maximum absolute atomic E-state index is 12.1. The Morgan fingerprint density at radius 1 is 0.737 bits per heavy atom. The van der Waals surface area contributed by atoms with Gasteiger partial charge < -0.3 is 14.2 Å². The predicted octanol–water partition coefficient (Wildman–Crippen LogP) is 7.62. The van der Waals surface area contributed by atoms with E-state index < -0.39 is 6.10 Å². The summed E-state index contributed by atoms with van der Waals surface area (Å²) in [6.45, 7) is 4.91. The van der Waals surface area contributed by atoms with E-state index in [0.717, 1.165) is 16.9 Å². The first-order valence-corrected chi connectivity index (χ1v) is 13.1. The zero-order chi connectivity index (χ0) is 26.6. The summed E-state index contributed by atoms with van der Waals surface area (Å²) in [7, 11) is 0. The van der Waals surface area contributed by atoms with Crippen LogP contribution in [0.5, 0.6) is 5.75 Å². The van der Waals surface area contributed by atoms with E-state index in [0.29, 0.717) is 26.2 Å². The summed E-state index contributed by atoms with van der Waals surface area (Å²) in [5.74, 6) is 0.442. The van der Waals surface area contributed by atoms with Gasteiger partial charge in [-0.2, -0.15) is 0 Å². The molecule has 0 amide bonds. The SMILES string of the molecule is CCOC(=O)[C@H](Cc1ccc(OC/C=C/c2cc(-c3ccccc3)cc(-c3ccccc3)c2)cc1)OCC. The quantitative estimate of drug-likeness (QED) is 0.185. The van der Waals surface area contributed by atoms with Gasteiger partial charge >= 0.3 is 5.97 Å². The van der Waals surface area contributed by atoms with Gasteiger partial charge in [0.15, 0.2) is 6.10 Å². The van der Waals surface area contributed by atoms with Crippen LogP contribution in [0.3, 0.4) is 0 Å². The molecule has 0 saturated carbocycles. The molecule has 194 valence electrons. The second kappa shape index (κ2) is 14.0. The van der Waals surface area contributed by atoms with Crippen LogP contribution in [0.2, 0.25) is 0 Å². The molecule has 0 unspecified atom stereocenters. The van der Waals surface area contributed by atoms with Crippen LogP contribution in [0.4, 0.5) is 0 Å². The van der Waals surface area contributed by atoms with Gasteiger partial charge in [-0.05, 0) is 83.6 Å². The Kier molecular flexibility index (Phi) is 9.89. The van der Waals surface area contributed by atoms with Crippen molar-refractivity contribution in [2.24, 2.45) is 0 Å². The van der Waals surface area contributed by atoms with Gasteiger partial charge in [0.2, 0.25) is 0 Å². The van der Waals surface area contributed by atoms with E-state index in [2.05, 4.69) is 72.8 Å². The monoisotopic (exact) mass is 506 g/mol. The molecule has 0 saturated heterocycles. The molecule has 0 aliphatic rings. The maximum atomic E-state index is 12.1. The average Bonchev–Trinajstić information content (AvgIpc) is 2.97. The van der Waals surface area contributed by atoms with E-state index >= 15 is 0 Å². The number of esters is 1. The lowest BCUT2D eigenvalue weighted by Gasteiger charge is -2.15. The lowest BCUT2D eigenvalue weighted by molar-refractivity contribution is -0.156. The maximum Gasteiger partial charge on any atom is 0.335 e. The summed E-state index contributed by atoms with van der Waals surface area (Å²) in [6.07, 6.45) is 3.99. The van der Waals surface area contributed by atoms with Crippen LogP contribution in [0, 0.1) is 0 Å². The molecule has 0 N–H and O–H groups in total. The fourth-order valence-corrected chi connectivity index (χ4v) is 4.25. The van der Waals surface area contributed by atoms with Crippen LogP contribution in [0.1, 0.15) is 25.0 Å². The molecule has 0 heterocycles. The molecule has 0 aliphatic carbocycles. The number of hydrogen-bond donors (Lipinski definition) is 0. The van der Waals surface area contributed by atoms with E-state index in [4.69, 9.17) is 14.2 Å². The van der Waals surface area contributed by atoms with Crippen molar-refractivity contribution in [1.29, 1.82) is 0 Å². The van der Waals surface area contributed by atoms with Crippen molar-refractivity contribution in [2.75, 3.05) is 19.8 Å². The highest BCUT2D eigenvalue weighted by Gasteiger charge is 2.20. The Balaban J connectivity index is 1.42. The minimum Gasteiger partial charge on any atom is -0.490 e. The second-order valence-corrected chi connectivity index (χ2v) is 8.83. The number of carbonyl (C=O) groups is 1. The van der Waals surface area contributed by atoms with Crippen LogP contribution < -0.4 is 4.74 Å². The molecule has 0 spiro atoms. The summed E-state index contributed by atoms with van der Waals surface area (Å²) in [5, 5.41) is 0. The van der Waals surface area contributed by atoms with Gasteiger partial charge in [-0.3, -0.25) is 0 Å². The molecule has 4 rings (SSSR count). The van der Waals surface area contributed by atoms with Gasteiger partial charge in [0, 0.05) is 13.0 Å². The Bertz CT molecular complexity index is 1250. The first-order valence-electron chi connectivity index (χ1n) is 13.1. The standard InChI is InChI=1S/C34H34O4/c1-3-36-33(34(35)37-4-2)24-26-17-19-32(20-18-26)38-21-11-12-27-22-30(28-13-7-5-8-14-28)25-31(23-27)29-15-9-6-10-16-29/h5-20,22-23,25,33H,3-4,21,24H2,1-2H3/b12-11+/t33-/m0/s1. The summed E-state index contributed by atoms with van der Waals surface area (Å²) >= 11 is 0. The molecule has 1 atom stereocenters. The predicted molar refractivity (Wildman–Crippen MR) is 154 cm³/mol. The average molecular weight is 507 g/mol. The highest BCUT2D eigenvalue weighted by Crippen LogP contribution is 2.29. The molecular formula is C34H34O4. The summed E-state index contributed by atoms with van der Waals surface area (Å²) in [5.41, 5.74) is 6.83. The summed E-state index contributed by atoms with van der Waals surface area (Å²) in [6, 6.07) is 35.2. The largest absolute Gasteiger partial charge is 0.490 e. The molecule has 4 heteroatoms. The van der Waals surface area contributed by atoms with E-state index in [-0.39, 0.29) is 5.97 Å². The minimum atomic E-state index is -0.595. The second-order valence-electron chi connectivity index (χ2n) is 8.83. The van der Waals surface area contributed by atoms with Crippen molar-refractivity contribution < 1.29 is 19.0 Å². The molecular weight excluding hydrogens is 472 g/mol. The first-order chi connectivity index (χ1) is 18.7. The molecule has 0 fully saturated rings. The Labute approximate surface area is 225 Å². The highest BCUT2D eigenvalue weighted by atomic mass is 16.6. The van der Waals surface area contributed by atoms with Gasteiger partial charge in [-0.1, -0.05) is 78.9 Å². The smallest absolute Gasteiger partial charge is 0.335 e. The van der Waals surface area contributed by atoms with Crippen LogP contribution in [0.25, 0.3) is 28.3 Å².